The summed E-state index contributed by atoms with van der Waals surface area (Å²) >= 11 is 0. The molecule has 3 rings (SSSR count). The first-order valence-corrected chi connectivity index (χ1v) is 9.59. The summed E-state index contributed by atoms with van der Waals surface area (Å²) in [5.74, 6) is 0.812. The van der Waals surface area contributed by atoms with Gasteiger partial charge in [-0.3, -0.25) is 9.59 Å². The van der Waals surface area contributed by atoms with Crippen LogP contribution >= 0.6 is 0 Å². The SMILES string of the molecule is COc1cccc(NC(=O)CN(C)C(=O)c2ccc(OCC3CCCO3)cc2)c1. The van der Waals surface area contributed by atoms with Gasteiger partial charge in [0.15, 0.2) is 0 Å². The van der Waals surface area contributed by atoms with E-state index in [9.17, 15) is 9.59 Å². The fraction of sp³-hybridized carbons (Fsp3) is 0.364. The van der Waals surface area contributed by atoms with Crippen LogP contribution in [-0.4, -0.2) is 56.7 Å². The van der Waals surface area contributed by atoms with Crippen LogP contribution in [0.1, 0.15) is 23.2 Å². The second-order valence-corrected chi connectivity index (χ2v) is 6.91. The van der Waals surface area contributed by atoms with Crippen molar-refractivity contribution < 1.29 is 23.8 Å². The van der Waals surface area contributed by atoms with Gasteiger partial charge in [0.2, 0.25) is 5.91 Å². The molecule has 0 saturated carbocycles. The standard InChI is InChI=1S/C22H26N2O5/c1-24(14-21(25)23-17-5-3-6-19(13-17)27-2)22(26)16-8-10-18(11-9-16)29-15-20-7-4-12-28-20/h3,5-6,8-11,13,20H,4,7,12,14-15H2,1-2H3,(H,23,25). The Balaban J connectivity index is 1.50. The Bertz CT molecular complexity index is 831. The molecule has 1 aliphatic heterocycles. The smallest absolute Gasteiger partial charge is 0.254 e. The Morgan fingerprint density at radius 1 is 1.17 bits per heavy atom. The van der Waals surface area contributed by atoms with E-state index in [2.05, 4.69) is 5.32 Å². The van der Waals surface area contributed by atoms with Crippen LogP contribution in [0.15, 0.2) is 48.5 Å². The third kappa shape index (κ3) is 5.96. The summed E-state index contributed by atoms with van der Waals surface area (Å²) < 4.78 is 16.4. The van der Waals surface area contributed by atoms with Gasteiger partial charge in [-0.1, -0.05) is 6.07 Å². The molecule has 0 aromatic heterocycles. The zero-order chi connectivity index (χ0) is 20.6. The molecule has 0 radical (unpaired) electrons. The molecule has 29 heavy (non-hydrogen) atoms. The van der Waals surface area contributed by atoms with Crippen LogP contribution < -0.4 is 14.8 Å². The lowest BCUT2D eigenvalue weighted by atomic mass is 10.2. The molecule has 1 heterocycles. The predicted molar refractivity (Wildman–Crippen MR) is 109 cm³/mol. The number of carbonyl (C=O) groups excluding carboxylic acids is 2. The summed E-state index contributed by atoms with van der Waals surface area (Å²) in [6.07, 6.45) is 2.23. The first-order chi connectivity index (χ1) is 14.0. The van der Waals surface area contributed by atoms with Crippen LogP contribution in [0.2, 0.25) is 0 Å². The van der Waals surface area contributed by atoms with Gasteiger partial charge >= 0.3 is 0 Å². The van der Waals surface area contributed by atoms with Crippen LogP contribution in [-0.2, 0) is 9.53 Å². The number of carbonyl (C=O) groups is 2. The summed E-state index contributed by atoms with van der Waals surface area (Å²) in [5, 5.41) is 2.76. The predicted octanol–water partition coefficient (Wildman–Crippen LogP) is 2.96. The van der Waals surface area contributed by atoms with Crippen LogP contribution in [0.25, 0.3) is 0 Å². The van der Waals surface area contributed by atoms with E-state index in [1.807, 2.05) is 0 Å². The quantitative estimate of drug-likeness (QED) is 0.740. The van der Waals surface area contributed by atoms with Gasteiger partial charge in [-0.15, -0.1) is 0 Å². The third-order valence-corrected chi connectivity index (χ3v) is 4.64. The monoisotopic (exact) mass is 398 g/mol. The van der Waals surface area contributed by atoms with E-state index >= 15 is 0 Å². The van der Waals surface area contributed by atoms with Crippen molar-refractivity contribution in [2.24, 2.45) is 0 Å². The molecule has 0 spiro atoms. The highest BCUT2D eigenvalue weighted by Crippen LogP contribution is 2.18. The highest BCUT2D eigenvalue weighted by atomic mass is 16.5. The molecular weight excluding hydrogens is 372 g/mol. The zero-order valence-corrected chi connectivity index (χ0v) is 16.7. The maximum atomic E-state index is 12.6. The largest absolute Gasteiger partial charge is 0.497 e. The van der Waals surface area contributed by atoms with E-state index in [0.717, 1.165) is 19.4 Å². The van der Waals surface area contributed by atoms with Crippen molar-refractivity contribution in [3.05, 3.63) is 54.1 Å². The molecule has 1 aliphatic rings. The Morgan fingerprint density at radius 3 is 2.66 bits per heavy atom. The number of benzene rings is 2. The Hall–Kier alpha value is -3.06. The van der Waals surface area contributed by atoms with Gasteiger partial charge in [-0.05, 0) is 49.2 Å². The van der Waals surface area contributed by atoms with E-state index < -0.39 is 0 Å². The fourth-order valence-corrected chi connectivity index (χ4v) is 3.07. The summed E-state index contributed by atoms with van der Waals surface area (Å²) in [6.45, 7) is 1.24. The molecular formula is C22H26N2O5. The number of likely N-dealkylation sites (N-methyl/N-ethyl adjacent to an activating group) is 1. The number of nitrogens with one attached hydrogen (secondary N) is 1. The normalized spacial score (nSPS) is 15.6. The molecule has 0 bridgehead atoms. The maximum absolute atomic E-state index is 12.6. The Labute approximate surface area is 170 Å². The highest BCUT2D eigenvalue weighted by Gasteiger charge is 2.17. The van der Waals surface area contributed by atoms with Gasteiger partial charge in [0.05, 0.1) is 19.8 Å². The summed E-state index contributed by atoms with van der Waals surface area (Å²) in [7, 11) is 3.15. The minimum Gasteiger partial charge on any atom is -0.497 e. The molecule has 2 amide bonds. The lowest BCUT2D eigenvalue weighted by Gasteiger charge is -2.17. The topological polar surface area (TPSA) is 77.1 Å². The van der Waals surface area contributed by atoms with Gasteiger partial charge in [0.25, 0.3) is 5.91 Å². The second kappa shape index (κ2) is 9.93. The lowest BCUT2D eigenvalue weighted by Crippen LogP contribution is -2.34. The molecule has 1 atom stereocenters. The van der Waals surface area contributed by atoms with Crippen molar-refractivity contribution in [2.45, 2.75) is 18.9 Å². The molecule has 1 unspecified atom stereocenters. The van der Waals surface area contributed by atoms with Gasteiger partial charge in [-0.2, -0.15) is 0 Å². The third-order valence-electron chi connectivity index (χ3n) is 4.64. The van der Waals surface area contributed by atoms with Gasteiger partial charge < -0.3 is 24.4 Å². The minimum atomic E-state index is -0.286. The van der Waals surface area contributed by atoms with Crippen molar-refractivity contribution in [2.75, 3.05) is 39.2 Å². The van der Waals surface area contributed by atoms with Crippen molar-refractivity contribution in [1.82, 2.24) is 4.90 Å². The summed E-state index contributed by atoms with van der Waals surface area (Å²) in [6, 6.07) is 14.0. The van der Waals surface area contributed by atoms with Crippen LogP contribution in [0.5, 0.6) is 11.5 Å². The number of hydrogen-bond donors (Lipinski definition) is 1. The molecule has 154 valence electrons. The fourth-order valence-electron chi connectivity index (χ4n) is 3.07. The number of methoxy groups -OCH3 is 1. The van der Waals surface area contributed by atoms with E-state index in [4.69, 9.17) is 14.2 Å². The summed E-state index contributed by atoms with van der Waals surface area (Å²) in [4.78, 5) is 26.2. The lowest BCUT2D eigenvalue weighted by molar-refractivity contribution is -0.116. The van der Waals surface area contributed by atoms with Crippen molar-refractivity contribution in [3.63, 3.8) is 0 Å². The Kier molecular flexibility index (Phi) is 7.08. The average Bonchev–Trinajstić information content (AvgIpc) is 3.26. The van der Waals surface area contributed by atoms with Crippen molar-refractivity contribution in [1.29, 1.82) is 0 Å². The van der Waals surface area contributed by atoms with E-state index in [1.165, 1.54) is 4.90 Å². The highest BCUT2D eigenvalue weighted by molar-refractivity contribution is 5.99. The maximum Gasteiger partial charge on any atom is 0.254 e. The first-order valence-electron chi connectivity index (χ1n) is 9.59. The van der Waals surface area contributed by atoms with E-state index in [1.54, 1.807) is 62.7 Å². The van der Waals surface area contributed by atoms with Crippen LogP contribution in [0.4, 0.5) is 5.69 Å². The number of amides is 2. The average molecular weight is 398 g/mol. The molecule has 0 aliphatic carbocycles. The second-order valence-electron chi connectivity index (χ2n) is 6.91. The van der Waals surface area contributed by atoms with Crippen molar-refractivity contribution in [3.8, 4) is 11.5 Å². The number of hydrogen-bond acceptors (Lipinski definition) is 5. The first kappa shape index (κ1) is 20.7. The molecule has 1 saturated heterocycles. The zero-order valence-electron chi connectivity index (χ0n) is 16.7. The molecule has 7 nitrogen and oxygen atoms in total. The number of ether oxygens (including phenoxy) is 3. The van der Waals surface area contributed by atoms with Crippen LogP contribution in [0.3, 0.4) is 0 Å². The molecule has 1 N–H and O–H groups in total. The molecule has 7 heteroatoms. The van der Waals surface area contributed by atoms with Gasteiger partial charge in [0.1, 0.15) is 18.1 Å². The number of rotatable bonds is 8. The number of nitrogens with zero attached hydrogens (tertiary/aromatic N) is 1. The van der Waals surface area contributed by atoms with E-state index in [0.29, 0.717) is 29.4 Å². The van der Waals surface area contributed by atoms with Crippen molar-refractivity contribution >= 4 is 17.5 Å². The van der Waals surface area contributed by atoms with Gasteiger partial charge in [-0.25, -0.2) is 0 Å². The molecule has 2 aromatic carbocycles. The summed E-state index contributed by atoms with van der Waals surface area (Å²) in [5.41, 5.74) is 1.11. The molecule has 1 fully saturated rings. The van der Waals surface area contributed by atoms with Gasteiger partial charge in [0, 0.05) is 31.0 Å². The minimum absolute atomic E-state index is 0.0622. The molecule has 2 aromatic rings. The van der Waals surface area contributed by atoms with E-state index in [-0.39, 0.29) is 24.5 Å². The number of anilines is 1. The van der Waals surface area contributed by atoms with Crippen LogP contribution in [0, 0.1) is 0 Å². The Morgan fingerprint density at radius 2 is 1.97 bits per heavy atom.